The van der Waals surface area contributed by atoms with E-state index in [4.69, 9.17) is 4.74 Å². The van der Waals surface area contributed by atoms with E-state index < -0.39 is 33.8 Å². The number of piperidine rings is 1. The third kappa shape index (κ3) is 4.85. The van der Waals surface area contributed by atoms with Gasteiger partial charge < -0.3 is 10.1 Å². The predicted octanol–water partition coefficient (Wildman–Crippen LogP) is 3.18. The highest BCUT2D eigenvalue weighted by Gasteiger charge is 2.37. The number of hydrogen-bond acceptors (Lipinski definition) is 5. The van der Waals surface area contributed by atoms with Gasteiger partial charge in [0.25, 0.3) is 0 Å². The molecule has 3 rings (SSSR count). The van der Waals surface area contributed by atoms with Gasteiger partial charge in [0.2, 0.25) is 15.9 Å². The minimum Gasteiger partial charge on any atom is -0.462 e. The molecule has 7 nitrogen and oxygen atoms in total. The topological polar surface area (TPSA) is 92.8 Å². The van der Waals surface area contributed by atoms with Crippen LogP contribution in [0.25, 0.3) is 0 Å². The van der Waals surface area contributed by atoms with Gasteiger partial charge in [0.05, 0.1) is 17.1 Å². The van der Waals surface area contributed by atoms with Crippen LogP contribution in [0, 0.1) is 5.82 Å². The Morgan fingerprint density at radius 3 is 2.60 bits per heavy atom. The van der Waals surface area contributed by atoms with Gasteiger partial charge in [0.1, 0.15) is 11.9 Å². The monoisotopic (exact) mass is 434 g/mol. The second-order valence-corrected chi connectivity index (χ2v) is 8.76. The van der Waals surface area contributed by atoms with Crippen molar-refractivity contribution >= 4 is 27.6 Å². The summed E-state index contributed by atoms with van der Waals surface area (Å²) < 4.78 is 45.4. The number of carbonyl (C=O) groups is 2. The Bertz CT molecular complexity index is 1020. The Hall–Kier alpha value is -2.78. The van der Waals surface area contributed by atoms with E-state index in [-0.39, 0.29) is 23.6 Å². The SMILES string of the molecule is CCOC(=O)c1cccc(NC(=O)[C@@H]2CCCCN2S(=O)(=O)c2ccc(F)cc2)c1. The number of nitrogens with one attached hydrogen (secondary N) is 1. The zero-order valence-corrected chi connectivity index (χ0v) is 17.3. The van der Waals surface area contributed by atoms with E-state index in [9.17, 15) is 22.4 Å². The van der Waals surface area contributed by atoms with Crippen LogP contribution < -0.4 is 5.32 Å². The lowest BCUT2D eigenvalue weighted by Crippen LogP contribution is -2.49. The van der Waals surface area contributed by atoms with Crippen molar-refractivity contribution in [2.75, 3.05) is 18.5 Å². The fourth-order valence-corrected chi connectivity index (χ4v) is 5.02. The summed E-state index contributed by atoms with van der Waals surface area (Å²) >= 11 is 0. The number of sulfonamides is 1. The van der Waals surface area contributed by atoms with Crippen LogP contribution in [-0.2, 0) is 19.6 Å². The molecule has 0 saturated carbocycles. The Morgan fingerprint density at radius 2 is 1.90 bits per heavy atom. The Labute approximate surface area is 174 Å². The van der Waals surface area contributed by atoms with Crippen LogP contribution in [0.1, 0.15) is 36.5 Å². The van der Waals surface area contributed by atoms with E-state index in [1.54, 1.807) is 25.1 Å². The maximum absolute atomic E-state index is 13.2. The number of carbonyl (C=O) groups excluding carboxylic acids is 2. The zero-order valence-electron chi connectivity index (χ0n) is 16.5. The van der Waals surface area contributed by atoms with Crippen LogP contribution in [0.4, 0.5) is 10.1 Å². The second-order valence-electron chi connectivity index (χ2n) is 6.87. The summed E-state index contributed by atoms with van der Waals surface area (Å²) in [4.78, 5) is 24.8. The Kier molecular flexibility index (Phi) is 6.84. The van der Waals surface area contributed by atoms with E-state index in [1.807, 2.05) is 0 Å². The number of esters is 1. The average molecular weight is 434 g/mol. The number of rotatable bonds is 6. The zero-order chi connectivity index (χ0) is 21.7. The highest BCUT2D eigenvalue weighted by Crippen LogP contribution is 2.26. The van der Waals surface area contributed by atoms with Gasteiger partial charge in [0.15, 0.2) is 0 Å². The van der Waals surface area contributed by atoms with E-state index in [0.717, 1.165) is 16.4 Å². The average Bonchev–Trinajstić information content (AvgIpc) is 2.74. The van der Waals surface area contributed by atoms with Crippen LogP contribution >= 0.6 is 0 Å². The summed E-state index contributed by atoms with van der Waals surface area (Å²) in [5.41, 5.74) is 0.657. The molecule has 1 heterocycles. The van der Waals surface area contributed by atoms with Crippen molar-refractivity contribution in [1.82, 2.24) is 4.31 Å². The molecule has 0 aliphatic carbocycles. The molecule has 1 atom stereocenters. The van der Waals surface area contributed by atoms with E-state index in [0.29, 0.717) is 24.9 Å². The first-order chi connectivity index (χ1) is 14.3. The molecule has 2 aromatic carbocycles. The molecule has 1 amide bonds. The molecule has 0 spiro atoms. The first-order valence-electron chi connectivity index (χ1n) is 9.68. The molecular weight excluding hydrogens is 411 g/mol. The number of anilines is 1. The van der Waals surface area contributed by atoms with Gasteiger partial charge in [-0.25, -0.2) is 17.6 Å². The Balaban J connectivity index is 1.81. The lowest BCUT2D eigenvalue weighted by Gasteiger charge is -2.33. The van der Waals surface area contributed by atoms with Gasteiger partial charge >= 0.3 is 5.97 Å². The summed E-state index contributed by atoms with van der Waals surface area (Å²) in [7, 11) is -3.96. The van der Waals surface area contributed by atoms with Crippen molar-refractivity contribution in [3.63, 3.8) is 0 Å². The molecule has 1 N–H and O–H groups in total. The third-order valence-electron chi connectivity index (χ3n) is 4.82. The number of halogens is 1. The van der Waals surface area contributed by atoms with E-state index in [1.165, 1.54) is 18.2 Å². The molecule has 1 fully saturated rings. The first-order valence-corrected chi connectivity index (χ1v) is 11.1. The lowest BCUT2D eigenvalue weighted by molar-refractivity contribution is -0.120. The number of amides is 1. The quantitative estimate of drug-likeness (QED) is 0.705. The molecule has 1 saturated heterocycles. The van der Waals surface area contributed by atoms with Crippen molar-refractivity contribution in [2.24, 2.45) is 0 Å². The number of hydrogen-bond donors (Lipinski definition) is 1. The smallest absolute Gasteiger partial charge is 0.338 e. The minimum atomic E-state index is -3.96. The largest absolute Gasteiger partial charge is 0.462 e. The van der Waals surface area contributed by atoms with Gasteiger partial charge in [0, 0.05) is 12.2 Å². The van der Waals surface area contributed by atoms with Gasteiger partial charge in [-0.2, -0.15) is 4.31 Å². The number of benzene rings is 2. The van der Waals surface area contributed by atoms with Gasteiger partial charge in [-0.05, 0) is 62.2 Å². The van der Waals surface area contributed by atoms with Crippen LogP contribution in [0.2, 0.25) is 0 Å². The van der Waals surface area contributed by atoms with Crippen LogP contribution in [-0.4, -0.2) is 43.8 Å². The van der Waals surface area contributed by atoms with Crippen molar-refractivity contribution in [2.45, 2.75) is 37.1 Å². The highest BCUT2D eigenvalue weighted by atomic mass is 32.2. The molecule has 160 valence electrons. The molecular formula is C21H23FN2O5S. The molecule has 9 heteroatoms. The fraction of sp³-hybridized carbons (Fsp3) is 0.333. The highest BCUT2D eigenvalue weighted by molar-refractivity contribution is 7.89. The van der Waals surface area contributed by atoms with Gasteiger partial charge in [-0.1, -0.05) is 12.5 Å². The normalized spacial score (nSPS) is 17.3. The van der Waals surface area contributed by atoms with Gasteiger partial charge in [-0.15, -0.1) is 0 Å². The van der Waals surface area contributed by atoms with Crippen molar-refractivity contribution in [3.8, 4) is 0 Å². The van der Waals surface area contributed by atoms with Crippen molar-refractivity contribution in [1.29, 1.82) is 0 Å². The predicted molar refractivity (Wildman–Crippen MR) is 109 cm³/mol. The summed E-state index contributed by atoms with van der Waals surface area (Å²) in [6.07, 6.45) is 1.70. The Morgan fingerprint density at radius 1 is 1.17 bits per heavy atom. The van der Waals surface area contributed by atoms with Crippen LogP contribution in [0.5, 0.6) is 0 Å². The van der Waals surface area contributed by atoms with Crippen molar-refractivity contribution < 1.29 is 27.1 Å². The van der Waals surface area contributed by atoms with Crippen LogP contribution in [0.3, 0.4) is 0 Å². The van der Waals surface area contributed by atoms with Crippen LogP contribution in [0.15, 0.2) is 53.4 Å². The third-order valence-corrected chi connectivity index (χ3v) is 6.74. The van der Waals surface area contributed by atoms with E-state index >= 15 is 0 Å². The summed E-state index contributed by atoms with van der Waals surface area (Å²) in [5, 5.41) is 2.70. The fourth-order valence-electron chi connectivity index (χ4n) is 3.36. The maximum atomic E-state index is 13.2. The molecule has 0 radical (unpaired) electrons. The molecule has 1 aliphatic heterocycles. The summed E-state index contributed by atoms with van der Waals surface area (Å²) in [5.74, 6) is -1.53. The molecule has 0 aromatic heterocycles. The second kappa shape index (κ2) is 9.36. The molecule has 30 heavy (non-hydrogen) atoms. The molecule has 0 bridgehead atoms. The summed E-state index contributed by atoms with van der Waals surface area (Å²) in [6.45, 7) is 2.12. The standard InChI is InChI=1S/C21H23FN2O5S/c1-2-29-21(26)15-6-5-7-17(14-15)23-20(25)19-8-3-4-13-24(19)30(27,28)18-11-9-16(22)10-12-18/h5-7,9-12,14,19H,2-4,8,13H2,1H3,(H,23,25)/t19-/m0/s1. The number of nitrogens with zero attached hydrogens (tertiary/aromatic N) is 1. The number of ether oxygens (including phenoxy) is 1. The summed E-state index contributed by atoms with van der Waals surface area (Å²) in [6, 6.07) is 9.91. The van der Waals surface area contributed by atoms with Crippen molar-refractivity contribution in [3.05, 3.63) is 59.9 Å². The van der Waals surface area contributed by atoms with Gasteiger partial charge in [-0.3, -0.25) is 4.79 Å². The molecule has 0 unspecified atom stereocenters. The minimum absolute atomic E-state index is 0.0621. The van der Waals surface area contributed by atoms with E-state index in [2.05, 4.69) is 5.32 Å². The first kappa shape index (κ1) is 21.9. The maximum Gasteiger partial charge on any atom is 0.338 e. The molecule has 2 aromatic rings. The lowest BCUT2D eigenvalue weighted by atomic mass is 10.0. The molecule has 1 aliphatic rings.